The Morgan fingerprint density at radius 1 is 1.17 bits per heavy atom. The molecule has 35 heavy (non-hydrogen) atoms. The minimum Gasteiger partial charge on any atom is -0.381 e. The van der Waals surface area contributed by atoms with Gasteiger partial charge in [-0.2, -0.15) is 5.10 Å². The maximum Gasteiger partial charge on any atom is 0.223 e. The van der Waals surface area contributed by atoms with Crippen molar-refractivity contribution in [2.45, 2.75) is 64.4 Å². The second-order valence-corrected chi connectivity index (χ2v) is 12.4. The summed E-state index contributed by atoms with van der Waals surface area (Å²) in [6, 6.07) is 5.67. The van der Waals surface area contributed by atoms with Crippen LogP contribution in [0.1, 0.15) is 63.6 Å². The first kappa shape index (κ1) is 23.4. The van der Waals surface area contributed by atoms with Crippen molar-refractivity contribution in [3.8, 4) is 5.69 Å². The van der Waals surface area contributed by atoms with Gasteiger partial charge >= 0.3 is 0 Å². The molecule has 1 aromatic carbocycles. The van der Waals surface area contributed by atoms with Crippen molar-refractivity contribution in [1.82, 2.24) is 9.78 Å². The SMILES string of the molecule is C[C@]12Cc3cnn(-c4ccc(F)cc4)c3C=C1CC[C@H]1[C@@H]2CC[C@@]2(C)[C@H]1CC[C@]2(O)C(=O)SCF. The van der Waals surface area contributed by atoms with Crippen LogP contribution in [0.25, 0.3) is 11.8 Å². The number of rotatable bonds is 3. The highest BCUT2D eigenvalue weighted by Gasteiger charge is 2.66. The maximum atomic E-state index is 13.5. The molecular formula is C28H32F2N2O2S. The van der Waals surface area contributed by atoms with E-state index in [4.69, 9.17) is 0 Å². The van der Waals surface area contributed by atoms with Crippen LogP contribution in [0.15, 0.2) is 36.0 Å². The van der Waals surface area contributed by atoms with Crippen molar-refractivity contribution in [2.75, 3.05) is 6.01 Å². The number of aliphatic hydroxyl groups is 1. The lowest BCUT2D eigenvalue weighted by Gasteiger charge is -2.58. The van der Waals surface area contributed by atoms with E-state index in [1.807, 2.05) is 10.9 Å². The quantitative estimate of drug-likeness (QED) is 0.555. The van der Waals surface area contributed by atoms with Gasteiger partial charge in [0, 0.05) is 5.41 Å². The lowest BCUT2D eigenvalue weighted by Crippen LogP contribution is -2.57. The Kier molecular flexibility index (Phi) is 5.35. The lowest BCUT2D eigenvalue weighted by atomic mass is 9.46. The van der Waals surface area contributed by atoms with Gasteiger partial charge in [0.25, 0.3) is 0 Å². The predicted octanol–water partition coefficient (Wildman–Crippen LogP) is 6.11. The van der Waals surface area contributed by atoms with Crippen molar-refractivity contribution in [1.29, 1.82) is 0 Å². The number of aromatic nitrogens is 2. The molecule has 6 atom stereocenters. The minimum absolute atomic E-state index is 0.0201. The summed E-state index contributed by atoms with van der Waals surface area (Å²) in [5.74, 6) is 0.945. The zero-order valence-electron chi connectivity index (χ0n) is 20.3. The molecule has 0 amide bonds. The molecular weight excluding hydrogens is 466 g/mol. The van der Waals surface area contributed by atoms with E-state index in [2.05, 4.69) is 25.0 Å². The first-order valence-electron chi connectivity index (χ1n) is 12.7. The van der Waals surface area contributed by atoms with Crippen LogP contribution in [0.3, 0.4) is 0 Å². The molecule has 7 heteroatoms. The number of alkyl halides is 1. The lowest BCUT2D eigenvalue weighted by molar-refractivity contribution is -0.152. The van der Waals surface area contributed by atoms with Crippen molar-refractivity contribution in [3.63, 3.8) is 0 Å². The standard InChI is InChI=1S/C28H32F2N2O2S/c1-26-14-17-15-31-32(20-6-4-19(30)5-7-20)24(17)13-18(26)3-8-21-22(26)9-11-27(2)23(21)10-12-28(27,34)25(33)35-16-29/h4-7,13,15,21-23,34H,3,8-12,14,16H2,1-2H3/t21-,22-,23-,26-,27-,28-/m0/s1. The molecule has 0 unspecified atom stereocenters. The number of halogens is 2. The summed E-state index contributed by atoms with van der Waals surface area (Å²) in [4.78, 5) is 12.8. The van der Waals surface area contributed by atoms with E-state index in [9.17, 15) is 18.7 Å². The highest BCUT2D eigenvalue weighted by molar-refractivity contribution is 8.13. The Morgan fingerprint density at radius 2 is 1.91 bits per heavy atom. The fourth-order valence-corrected chi connectivity index (χ4v) is 9.03. The van der Waals surface area contributed by atoms with Gasteiger partial charge in [-0.3, -0.25) is 4.79 Å². The molecule has 0 bridgehead atoms. The smallest absolute Gasteiger partial charge is 0.223 e. The van der Waals surface area contributed by atoms with Crippen molar-refractivity contribution in [3.05, 3.63) is 53.1 Å². The second-order valence-electron chi connectivity index (χ2n) is 11.5. The Labute approximate surface area is 209 Å². The summed E-state index contributed by atoms with van der Waals surface area (Å²) in [5, 5.41) is 15.8. The number of allylic oxidation sites excluding steroid dienone is 1. The molecule has 0 spiro atoms. The second kappa shape index (κ2) is 8.01. The average molecular weight is 499 g/mol. The highest BCUT2D eigenvalue weighted by Crippen LogP contribution is 2.68. The van der Waals surface area contributed by atoms with E-state index in [1.54, 1.807) is 12.1 Å². The number of thioether (sulfide) groups is 1. The number of carbonyl (C=O) groups is 1. The number of fused-ring (bicyclic) bond motifs is 6. The fourth-order valence-electron chi connectivity index (χ4n) is 8.36. The molecule has 1 heterocycles. The third-order valence-electron chi connectivity index (χ3n) is 10.2. The van der Waals surface area contributed by atoms with Gasteiger partial charge in [0.05, 0.1) is 17.6 Å². The van der Waals surface area contributed by atoms with E-state index >= 15 is 0 Å². The first-order chi connectivity index (χ1) is 16.7. The van der Waals surface area contributed by atoms with Gasteiger partial charge < -0.3 is 5.11 Å². The third-order valence-corrected chi connectivity index (χ3v) is 10.9. The van der Waals surface area contributed by atoms with Crippen LogP contribution < -0.4 is 0 Å². The molecule has 0 aliphatic heterocycles. The van der Waals surface area contributed by atoms with Crippen LogP contribution in [0.2, 0.25) is 0 Å². The maximum absolute atomic E-state index is 13.5. The molecule has 1 N–H and O–H groups in total. The number of carbonyl (C=O) groups excluding carboxylic acids is 1. The monoisotopic (exact) mass is 498 g/mol. The average Bonchev–Trinajstić information content (AvgIpc) is 3.36. The molecule has 4 aliphatic rings. The Balaban J connectivity index is 1.32. The molecule has 1 aromatic heterocycles. The zero-order chi connectivity index (χ0) is 24.6. The van der Waals surface area contributed by atoms with Crippen LogP contribution in [0, 0.1) is 34.4 Å². The van der Waals surface area contributed by atoms with Crippen molar-refractivity contribution in [2.24, 2.45) is 28.6 Å². The van der Waals surface area contributed by atoms with Crippen LogP contribution >= 0.6 is 11.8 Å². The molecule has 4 nitrogen and oxygen atoms in total. The van der Waals surface area contributed by atoms with E-state index < -0.39 is 17.0 Å². The molecule has 3 fully saturated rings. The highest BCUT2D eigenvalue weighted by atomic mass is 32.2. The molecule has 3 saturated carbocycles. The summed E-state index contributed by atoms with van der Waals surface area (Å²) in [6.07, 6.45) is 10.2. The normalized spacial score (nSPS) is 37.6. The van der Waals surface area contributed by atoms with Gasteiger partial charge in [-0.25, -0.2) is 13.5 Å². The zero-order valence-corrected chi connectivity index (χ0v) is 21.1. The van der Waals surface area contributed by atoms with Gasteiger partial charge in [0.2, 0.25) is 5.12 Å². The summed E-state index contributed by atoms with van der Waals surface area (Å²) >= 11 is 0.627. The first-order valence-corrected chi connectivity index (χ1v) is 13.7. The summed E-state index contributed by atoms with van der Waals surface area (Å²) in [6.45, 7) is 4.47. The van der Waals surface area contributed by atoms with Gasteiger partial charge in [-0.15, -0.1) is 0 Å². The Bertz CT molecular complexity index is 1210. The van der Waals surface area contributed by atoms with Crippen LogP contribution in [-0.4, -0.2) is 31.6 Å². The number of hydrogen-bond donors (Lipinski definition) is 1. The number of hydrogen-bond acceptors (Lipinski definition) is 4. The van der Waals surface area contributed by atoms with Crippen LogP contribution in [0.4, 0.5) is 8.78 Å². The van der Waals surface area contributed by atoms with E-state index in [0.717, 1.165) is 49.9 Å². The van der Waals surface area contributed by atoms with E-state index in [-0.39, 0.29) is 22.3 Å². The van der Waals surface area contributed by atoms with Crippen LogP contribution in [-0.2, 0) is 11.2 Å². The van der Waals surface area contributed by atoms with Crippen molar-refractivity contribution < 1.29 is 18.7 Å². The van der Waals surface area contributed by atoms with Gasteiger partial charge in [-0.1, -0.05) is 31.2 Å². The Hall–Kier alpha value is -1.99. The van der Waals surface area contributed by atoms with Gasteiger partial charge in [0.1, 0.15) is 17.4 Å². The van der Waals surface area contributed by atoms with Gasteiger partial charge in [0.15, 0.2) is 0 Å². The Morgan fingerprint density at radius 3 is 2.66 bits per heavy atom. The molecule has 0 saturated heterocycles. The molecule has 2 aromatic rings. The van der Waals surface area contributed by atoms with E-state index in [0.29, 0.717) is 30.0 Å². The molecule has 0 radical (unpaired) electrons. The number of nitrogens with zero attached hydrogens (tertiary/aromatic N) is 2. The molecule has 6 rings (SSSR count). The third kappa shape index (κ3) is 3.19. The molecule has 186 valence electrons. The van der Waals surface area contributed by atoms with Gasteiger partial charge in [-0.05, 0) is 104 Å². The summed E-state index contributed by atoms with van der Waals surface area (Å²) in [5.41, 5.74) is 2.73. The largest absolute Gasteiger partial charge is 0.381 e. The minimum atomic E-state index is -1.42. The summed E-state index contributed by atoms with van der Waals surface area (Å²) in [7, 11) is 0. The van der Waals surface area contributed by atoms with E-state index in [1.165, 1.54) is 23.3 Å². The topological polar surface area (TPSA) is 55.1 Å². The summed E-state index contributed by atoms with van der Waals surface area (Å²) < 4.78 is 28.3. The fraction of sp³-hybridized carbons (Fsp3) is 0.571. The molecule has 4 aliphatic carbocycles. The van der Waals surface area contributed by atoms with Crippen LogP contribution in [0.5, 0.6) is 0 Å². The number of benzene rings is 1. The van der Waals surface area contributed by atoms with Crippen molar-refractivity contribution >= 4 is 23.0 Å². The predicted molar refractivity (Wildman–Crippen MR) is 133 cm³/mol.